The molecule has 3 N–H and O–H groups in total. The Labute approximate surface area is 128 Å². The van der Waals surface area contributed by atoms with Crippen molar-refractivity contribution in [1.29, 1.82) is 0 Å². The first-order valence-corrected chi connectivity index (χ1v) is 8.16. The van der Waals surface area contributed by atoms with Crippen LogP contribution in [-0.2, 0) is 4.79 Å². The Morgan fingerprint density at radius 2 is 2.33 bits per heavy atom. The number of carbonyl (C=O) groups is 1. The van der Waals surface area contributed by atoms with E-state index in [9.17, 15) is 4.79 Å². The Hall–Kier alpha value is -1.40. The molecule has 0 spiro atoms. The SMILES string of the molecule is COc1cc(C(CN)C(=O)O)ccc1OC1CCCSC1. The van der Waals surface area contributed by atoms with Crippen LogP contribution >= 0.6 is 11.8 Å². The van der Waals surface area contributed by atoms with Crippen LogP contribution in [0.1, 0.15) is 24.3 Å². The summed E-state index contributed by atoms with van der Waals surface area (Å²) in [6, 6.07) is 5.23. The maximum atomic E-state index is 11.2. The van der Waals surface area contributed by atoms with Crippen LogP contribution in [0.2, 0.25) is 0 Å². The third kappa shape index (κ3) is 4.04. The van der Waals surface area contributed by atoms with E-state index in [0.717, 1.165) is 18.6 Å². The number of thioether (sulfide) groups is 1. The Bertz CT molecular complexity index is 489. The molecule has 2 atom stereocenters. The molecule has 1 fully saturated rings. The molecule has 0 aromatic heterocycles. The van der Waals surface area contributed by atoms with Gasteiger partial charge in [-0.15, -0.1) is 0 Å². The van der Waals surface area contributed by atoms with Gasteiger partial charge in [0, 0.05) is 12.3 Å². The number of methoxy groups -OCH3 is 1. The summed E-state index contributed by atoms with van der Waals surface area (Å²) in [5.41, 5.74) is 6.16. The molecule has 6 heteroatoms. The molecule has 116 valence electrons. The Kier molecular flexibility index (Phi) is 5.76. The molecule has 1 aromatic carbocycles. The zero-order valence-corrected chi connectivity index (χ0v) is 12.9. The molecule has 0 radical (unpaired) electrons. The first-order valence-electron chi connectivity index (χ1n) is 7.01. The number of hydrogen-bond donors (Lipinski definition) is 2. The van der Waals surface area contributed by atoms with Crippen molar-refractivity contribution >= 4 is 17.7 Å². The summed E-state index contributed by atoms with van der Waals surface area (Å²) in [5, 5.41) is 9.17. The molecule has 0 saturated carbocycles. The molecule has 1 saturated heterocycles. The Morgan fingerprint density at radius 3 is 2.90 bits per heavy atom. The minimum absolute atomic E-state index is 0.0535. The number of nitrogens with two attached hydrogens (primary N) is 1. The van der Waals surface area contributed by atoms with Gasteiger partial charge in [0.2, 0.25) is 0 Å². The molecule has 2 rings (SSSR count). The van der Waals surface area contributed by atoms with Crippen LogP contribution in [0.25, 0.3) is 0 Å². The molecular weight excluding hydrogens is 290 g/mol. The summed E-state index contributed by atoms with van der Waals surface area (Å²) in [5.74, 6) is 1.73. The molecule has 1 aliphatic heterocycles. The maximum absolute atomic E-state index is 11.2. The van der Waals surface area contributed by atoms with Gasteiger partial charge in [-0.1, -0.05) is 6.07 Å². The lowest BCUT2D eigenvalue weighted by atomic mass is 9.99. The molecule has 1 aliphatic rings. The average Bonchev–Trinajstić information content (AvgIpc) is 2.50. The van der Waals surface area contributed by atoms with E-state index < -0.39 is 11.9 Å². The van der Waals surface area contributed by atoms with Gasteiger partial charge in [-0.2, -0.15) is 11.8 Å². The van der Waals surface area contributed by atoms with Crippen molar-refractivity contribution in [3.63, 3.8) is 0 Å². The molecular formula is C15H21NO4S. The lowest BCUT2D eigenvalue weighted by Crippen LogP contribution is -2.24. The van der Waals surface area contributed by atoms with Crippen LogP contribution in [0.4, 0.5) is 0 Å². The predicted octanol–water partition coefficient (Wildman–Crippen LogP) is 2.10. The third-order valence-corrected chi connectivity index (χ3v) is 4.72. The van der Waals surface area contributed by atoms with E-state index >= 15 is 0 Å². The number of aliphatic carboxylic acids is 1. The summed E-state index contributed by atoms with van der Waals surface area (Å²) in [6.07, 6.45) is 2.39. The van der Waals surface area contributed by atoms with Crippen LogP contribution in [-0.4, -0.2) is 42.3 Å². The molecule has 0 amide bonds. The highest BCUT2D eigenvalue weighted by Crippen LogP contribution is 2.33. The highest BCUT2D eigenvalue weighted by Gasteiger charge is 2.21. The summed E-state index contributed by atoms with van der Waals surface area (Å²) in [7, 11) is 1.56. The van der Waals surface area contributed by atoms with Crippen molar-refractivity contribution in [2.24, 2.45) is 5.73 Å². The van der Waals surface area contributed by atoms with Gasteiger partial charge in [0.05, 0.1) is 13.0 Å². The molecule has 2 unspecified atom stereocenters. The number of carboxylic acid groups (broad SMARTS) is 1. The largest absolute Gasteiger partial charge is 0.493 e. The Balaban J connectivity index is 2.17. The van der Waals surface area contributed by atoms with Crippen molar-refractivity contribution in [2.75, 3.05) is 25.2 Å². The van der Waals surface area contributed by atoms with Gasteiger partial charge in [0.1, 0.15) is 6.10 Å². The number of carboxylic acids is 1. The van der Waals surface area contributed by atoms with Crippen LogP contribution < -0.4 is 15.2 Å². The Morgan fingerprint density at radius 1 is 1.52 bits per heavy atom. The summed E-state index contributed by atoms with van der Waals surface area (Å²) in [4.78, 5) is 11.2. The van der Waals surface area contributed by atoms with Crippen LogP contribution in [0, 0.1) is 0 Å². The normalized spacial score (nSPS) is 19.8. The van der Waals surface area contributed by atoms with E-state index in [-0.39, 0.29) is 12.6 Å². The second-order valence-electron chi connectivity index (χ2n) is 4.99. The predicted molar refractivity (Wildman–Crippen MR) is 83.4 cm³/mol. The van der Waals surface area contributed by atoms with Crippen molar-refractivity contribution in [2.45, 2.75) is 24.9 Å². The van der Waals surface area contributed by atoms with Crippen LogP contribution in [0.3, 0.4) is 0 Å². The second-order valence-corrected chi connectivity index (χ2v) is 6.14. The summed E-state index contributed by atoms with van der Waals surface area (Å²) in [6.45, 7) is 0.0535. The molecule has 5 nitrogen and oxygen atoms in total. The first-order chi connectivity index (χ1) is 10.2. The van der Waals surface area contributed by atoms with Crippen molar-refractivity contribution in [3.05, 3.63) is 23.8 Å². The molecule has 21 heavy (non-hydrogen) atoms. The maximum Gasteiger partial charge on any atom is 0.312 e. The number of benzene rings is 1. The van der Waals surface area contributed by atoms with E-state index in [1.54, 1.807) is 25.3 Å². The van der Waals surface area contributed by atoms with E-state index in [1.807, 2.05) is 11.8 Å². The van der Waals surface area contributed by atoms with Crippen molar-refractivity contribution in [1.82, 2.24) is 0 Å². The minimum atomic E-state index is -0.933. The molecule has 0 bridgehead atoms. The topological polar surface area (TPSA) is 81.8 Å². The second kappa shape index (κ2) is 7.56. The molecule has 1 heterocycles. The zero-order valence-electron chi connectivity index (χ0n) is 12.1. The third-order valence-electron chi connectivity index (χ3n) is 3.54. The van der Waals surface area contributed by atoms with Gasteiger partial charge < -0.3 is 20.3 Å². The van der Waals surface area contributed by atoms with Gasteiger partial charge in [-0.3, -0.25) is 4.79 Å². The summed E-state index contributed by atoms with van der Waals surface area (Å²) >= 11 is 1.89. The fourth-order valence-corrected chi connectivity index (χ4v) is 3.40. The van der Waals surface area contributed by atoms with E-state index in [1.165, 1.54) is 5.75 Å². The first kappa shape index (κ1) is 16.0. The monoisotopic (exact) mass is 311 g/mol. The minimum Gasteiger partial charge on any atom is -0.493 e. The average molecular weight is 311 g/mol. The van der Waals surface area contributed by atoms with E-state index in [0.29, 0.717) is 17.1 Å². The van der Waals surface area contributed by atoms with Gasteiger partial charge in [-0.05, 0) is 36.3 Å². The van der Waals surface area contributed by atoms with E-state index in [2.05, 4.69) is 0 Å². The summed E-state index contributed by atoms with van der Waals surface area (Å²) < 4.78 is 11.3. The zero-order chi connectivity index (χ0) is 15.2. The van der Waals surface area contributed by atoms with Crippen LogP contribution in [0.5, 0.6) is 11.5 Å². The molecule has 0 aliphatic carbocycles. The van der Waals surface area contributed by atoms with Crippen molar-refractivity contribution in [3.8, 4) is 11.5 Å². The highest BCUT2D eigenvalue weighted by atomic mass is 32.2. The highest BCUT2D eigenvalue weighted by molar-refractivity contribution is 7.99. The van der Waals surface area contributed by atoms with Gasteiger partial charge >= 0.3 is 5.97 Å². The quantitative estimate of drug-likeness (QED) is 0.837. The van der Waals surface area contributed by atoms with Crippen LogP contribution in [0.15, 0.2) is 18.2 Å². The lowest BCUT2D eigenvalue weighted by Gasteiger charge is -2.24. The van der Waals surface area contributed by atoms with E-state index in [4.69, 9.17) is 20.3 Å². The molecule has 1 aromatic rings. The number of rotatable bonds is 6. The fourth-order valence-electron chi connectivity index (χ4n) is 2.36. The van der Waals surface area contributed by atoms with Crippen molar-refractivity contribution < 1.29 is 19.4 Å². The smallest absolute Gasteiger partial charge is 0.312 e. The lowest BCUT2D eigenvalue weighted by molar-refractivity contribution is -0.138. The standard InChI is InChI=1S/C15H21NO4S/c1-19-14-7-10(12(8-16)15(17)18)4-5-13(14)20-11-3-2-6-21-9-11/h4-5,7,11-12H,2-3,6,8-9,16H2,1H3,(H,17,18). The van der Waals surface area contributed by atoms with Gasteiger partial charge in [0.25, 0.3) is 0 Å². The number of hydrogen-bond acceptors (Lipinski definition) is 5. The number of ether oxygens (including phenoxy) is 2. The fraction of sp³-hybridized carbons (Fsp3) is 0.533. The van der Waals surface area contributed by atoms with Gasteiger partial charge in [0.15, 0.2) is 11.5 Å². The van der Waals surface area contributed by atoms with Gasteiger partial charge in [-0.25, -0.2) is 0 Å².